The first-order chi connectivity index (χ1) is 8.08. The predicted octanol–water partition coefficient (Wildman–Crippen LogP) is 2.68. The topological polar surface area (TPSA) is 44.1 Å². The van der Waals surface area contributed by atoms with E-state index in [1.54, 1.807) is 4.90 Å². The Morgan fingerprint density at radius 3 is 2.35 bits per heavy atom. The molecule has 1 aromatic rings. The summed E-state index contributed by atoms with van der Waals surface area (Å²) in [5, 5.41) is 8.56. The zero-order chi connectivity index (χ0) is 12.8. The van der Waals surface area contributed by atoms with Crippen molar-refractivity contribution in [2.45, 2.75) is 27.2 Å². The minimum Gasteiger partial charge on any atom is -0.338 e. The van der Waals surface area contributed by atoms with Gasteiger partial charge in [0.1, 0.15) is 0 Å². The quantitative estimate of drug-likeness (QED) is 0.798. The molecular formula is C14H18N2O. The highest BCUT2D eigenvalue weighted by atomic mass is 16.2. The fraction of sp³-hybridized carbons (Fsp3) is 0.429. The summed E-state index contributed by atoms with van der Waals surface area (Å²) >= 11 is 0. The molecule has 90 valence electrons. The molecular weight excluding hydrogens is 212 g/mol. The van der Waals surface area contributed by atoms with Crippen LogP contribution in [-0.4, -0.2) is 23.9 Å². The number of carbonyl (C=O) groups is 1. The fourth-order valence-corrected chi connectivity index (χ4v) is 1.87. The molecule has 0 aliphatic carbocycles. The summed E-state index contributed by atoms with van der Waals surface area (Å²) in [7, 11) is 0. The minimum absolute atomic E-state index is 0.00884. The zero-order valence-electron chi connectivity index (χ0n) is 10.7. The average Bonchev–Trinajstić information content (AvgIpc) is 2.28. The Labute approximate surface area is 103 Å². The lowest BCUT2D eigenvalue weighted by atomic mass is 10.1. The van der Waals surface area contributed by atoms with Crippen LogP contribution in [0.25, 0.3) is 0 Å². The highest BCUT2D eigenvalue weighted by Gasteiger charge is 2.14. The fourth-order valence-electron chi connectivity index (χ4n) is 1.87. The molecule has 0 radical (unpaired) electrons. The molecule has 0 fully saturated rings. The van der Waals surface area contributed by atoms with E-state index in [0.29, 0.717) is 25.1 Å². The molecule has 0 saturated carbocycles. The van der Waals surface area contributed by atoms with Gasteiger partial charge in [-0.1, -0.05) is 17.2 Å². The highest BCUT2D eigenvalue weighted by Crippen LogP contribution is 2.11. The first-order valence-electron chi connectivity index (χ1n) is 5.83. The molecule has 0 unspecified atom stereocenters. The van der Waals surface area contributed by atoms with Crippen molar-refractivity contribution in [3.05, 3.63) is 34.9 Å². The van der Waals surface area contributed by atoms with Crippen LogP contribution < -0.4 is 0 Å². The van der Waals surface area contributed by atoms with E-state index in [2.05, 4.69) is 6.07 Å². The number of hydrogen-bond acceptors (Lipinski definition) is 2. The SMILES string of the molecule is CCN(CCC#N)C(=O)c1cc(C)cc(C)c1. The van der Waals surface area contributed by atoms with Gasteiger partial charge in [-0.05, 0) is 32.9 Å². The zero-order valence-corrected chi connectivity index (χ0v) is 10.7. The molecule has 0 spiro atoms. The maximum atomic E-state index is 12.2. The normalized spacial score (nSPS) is 9.76. The number of benzene rings is 1. The molecule has 3 heteroatoms. The van der Waals surface area contributed by atoms with E-state index in [9.17, 15) is 4.79 Å². The molecule has 17 heavy (non-hydrogen) atoms. The number of rotatable bonds is 4. The van der Waals surface area contributed by atoms with Crippen LogP contribution in [0.5, 0.6) is 0 Å². The van der Waals surface area contributed by atoms with Crippen LogP contribution >= 0.6 is 0 Å². The molecule has 1 amide bonds. The van der Waals surface area contributed by atoms with E-state index in [1.807, 2.05) is 39.0 Å². The molecule has 0 heterocycles. The number of nitrogens with zero attached hydrogens (tertiary/aromatic N) is 2. The molecule has 0 aliphatic rings. The minimum atomic E-state index is 0.00884. The van der Waals surface area contributed by atoms with Crippen molar-refractivity contribution in [3.8, 4) is 6.07 Å². The Morgan fingerprint density at radius 2 is 1.88 bits per heavy atom. The first kappa shape index (κ1) is 13.2. The number of carbonyl (C=O) groups excluding carboxylic acids is 1. The molecule has 1 rings (SSSR count). The number of nitriles is 1. The molecule has 0 aliphatic heterocycles. The standard InChI is InChI=1S/C14H18N2O/c1-4-16(7-5-6-15)14(17)13-9-11(2)8-12(3)10-13/h8-10H,4-5,7H2,1-3H3. The Morgan fingerprint density at radius 1 is 1.29 bits per heavy atom. The maximum Gasteiger partial charge on any atom is 0.253 e. The monoisotopic (exact) mass is 230 g/mol. The van der Waals surface area contributed by atoms with E-state index in [-0.39, 0.29) is 5.91 Å². The summed E-state index contributed by atoms with van der Waals surface area (Å²) in [6.07, 6.45) is 0.379. The molecule has 0 saturated heterocycles. The van der Waals surface area contributed by atoms with Crippen molar-refractivity contribution in [1.82, 2.24) is 4.90 Å². The third-order valence-corrected chi connectivity index (χ3v) is 2.63. The van der Waals surface area contributed by atoms with Gasteiger partial charge < -0.3 is 4.90 Å². The van der Waals surface area contributed by atoms with Crippen LogP contribution in [-0.2, 0) is 0 Å². The summed E-state index contributed by atoms with van der Waals surface area (Å²) in [6.45, 7) is 7.02. The largest absolute Gasteiger partial charge is 0.338 e. The lowest BCUT2D eigenvalue weighted by molar-refractivity contribution is 0.0767. The third kappa shape index (κ3) is 3.60. The van der Waals surface area contributed by atoms with Crippen molar-refractivity contribution >= 4 is 5.91 Å². The van der Waals surface area contributed by atoms with Gasteiger partial charge >= 0.3 is 0 Å². The molecule has 0 aromatic heterocycles. The number of hydrogen-bond donors (Lipinski definition) is 0. The van der Waals surface area contributed by atoms with Gasteiger partial charge in [-0.3, -0.25) is 4.79 Å². The summed E-state index contributed by atoms with van der Waals surface area (Å²) in [5.74, 6) is 0.00884. The van der Waals surface area contributed by atoms with E-state index in [0.717, 1.165) is 11.1 Å². The van der Waals surface area contributed by atoms with Crippen LogP contribution in [0, 0.1) is 25.2 Å². The van der Waals surface area contributed by atoms with Gasteiger partial charge in [0.05, 0.1) is 12.5 Å². The van der Waals surface area contributed by atoms with Crippen molar-refractivity contribution in [3.63, 3.8) is 0 Å². The van der Waals surface area contributed by atoms with Gasteiger partial charge in [0.2, 0.25) is 0 Å². The van der Waals surface area contributed by atoms with Gasteiger partial charge in [-0.15, -0.1) is 0 Å². The van der Waals surface area contributed by atoms with E-state index in [4.69, 9.17) is 5.26 Å². The lowest BCUT2D eigenvalue weighted by Crippen LogP contribution is -2.31. The van der Waals surface area contributed by atoms with Crippen molar-refractivity contribution in [2.75, 3.05) is 13.1 Å². The third-order valence-electron chi connectivity index (χ3n) is 2.63. The Hall–Kier alpha value is -1.82. The van der Waals surface area contributed by atoms with Crippen molar-refractivity contribution in [2.24, 2.45) is 0 Å². The van der Waals surface area contributed by atoms with E-state index in [1.165, 1.54) is 0 Å². The number of amides is 1. The van der Waals surface area contributed by atoms with Gasteiger partial charge in [0, 0.05) is 18.7 Å². The Kier molecular flexibility index (Phi) is 4.71. The van der Waals surface area contributed by atoms with E-state index < -0.39 is 0 Å². The summed E-state index contributed by atoms with van der Waals surface area (Å²) in [5.41, 5.74) is 2.89. The Bertz CT molecular complexity index is 426. The molecule has 0 N–H and O–H groups in total. The molecule has 0 atom stereocenters. The van der Waals surface area contributed by atoms with Crippen LogP contribution in [0.4, 0.5) is 0 Å². The van der Waals surface area contributed by atoms with Gasteiger partial charge in [0.25, 0.3) is 5.91 Å². The molecule has 3 nitrogen and oxygen atoms in total. The van der Waals surface area contributed by atoms with Gasteiger partial charge in [-0.25, -0.2) is 0 Å². The van der Waals surface area contributed by atoms with Gasteiger partial charge in [0.15, 0.2) is 0 Å². The van der Waals surface area contributed by atoms with Crippen molar-refractivity contribution < 1.29 is 4.79 Å². The predicted molar refractivity (Wildman–Crippen MR) is 67.7 cm³/mol. The summed E-state index contributed by atoms with van der Waals surface area (Å²) in [4.78, 5) is 13.9. The number of aryl methyl sites for hydroxylation is 2. The van der Waals surface area contributed by atoms with Crippen LogP contribution in [0.15, 0.2) is 18.2 Å². The maximum absolute atomic E-state index is 12.2. The molecule has 1 aromatic carbocycles. The van der Waals surface area contributed by atoms with Crippen molar-refractivity contribution in [1.29, 1.82) is 5.26 Å². The summed E-state index contributed by atoms with van der Waals surface area (Å²) < 4.78 is 0. The van der Waals surface area contributed by atoms with Crippen LogP contribution in [0.3, 0.4) is 0 Å². The second kappa shape index (κ2) is 6.05. The second-order valence-electron chi connectivity index (χ2n) is 4.17. The van der Waals surface area contributed by atoms with Crippen LogP contribution in [0.2, 0.25) is 0 Å². The Balaban J connectivity index is 2.90. The lowest BCUT2D eigenvalue weighted by Gasteiger charge is -2.20. The highest BCUT2D eigenvalue weighted by molar-refractivity contribution is 5.94. The smallest absolute Gasteiger partial charge is 0.253 e. The summed E-state index contributed by atoms with van der Waals surface area (Å²) in [6, 6.07) is 7.90. The molecule has 0 bridgehead atoms. The second-order valence-corrected chi connectivity index (χ2v) is 4.17. The van der Waals surface area contributed by atoms with Gasteiger partial charge in [-0.2, -0.15) is 5.26 Å². The first-order valence-corrected chi connectivity index (χ1v) is 5.83. The van der Waals surface area contributed by atoms with Crippen LogP contribution in [0.1, 0.15) is 34.8 Å². The van der Waals surface area contributed by atoms with E-state index >= 15 is 0 Å². The average molecular weight is 230 g/mol.